The van der Waals surface area contributed by atoms with Gasteiger partial charge >= 0.3 is 0 Å². The average Bonchev–Trinajstić information content (AvgIpc) is 2.94. The van der Waals surface area contributed by atoms with Crippen LogP contribution in [0, 0.1) is 0 Å². The van der Waals surface area contributed by atoms with Crippen molar-refractivity contribution >= 4 is 5.95 Å². The van der Waals surface area contributed by atoms with Gasteiger partial charge in [-0.15, -0.1) is 0 Å². The van der Waals surface area contributed by atoms with Crippen molar-refractivity contribution in [2.75, 3.05) is 18.4 Å². The molecule has 0 saturated carbocycles. The van der Waals surface area contributed by atoms with Gasteiger partial charge in [0.2, 0.25) is 5.95 Å². The largest absolute Gasteiger partial charge is 0.349 e. The zero-order valence-electron chi connectivity index (χ0n) is 13.6. The van der Waals surface area contributed by atoms with Crippen LogP contribution in [-0.4, -0.2) is 32.8 Å². The molecule has 0 bridgehead atoms. The van der Waals surface area contributed by atoms with Crippen LogP contribution in [0.2, 0.25) is 0 Å². The highest BCUT2D eigenvalue weighted by atomic mass is 15.3. The Hall–Kier alpha value is -2.73. The fourth-order valence-electron chi connectivity index (χ4n) is 2.77. The second-order valence-corrected chi connectivity index (χ2v) is 6.02. The lowest BCUT2D eigenvalue weighted by Gasteiger charge is -2.26. The predicted molar refractivity (Wildman–Crippen MR) is 93.6 cm³/mol. The molecule has 0 amide bonds. The number of nitrogens with zero attached hydrogens (tertiary/aromatic N) is 4. The molecule has 1 saturated heterocycles. The predicted octanol–water partition coefficient (Wildman–Crippen LogP) is 2.18. The number of nitrogens with one attached hydrogen (secondary N) is 2. The molecule has 0 radical (unpaired) electrons. The smallest absolute Gasteiger partial charge is 0.223 e. The van der Waals surface area contributed by atoms with E-state index in [-0.39, 0.29) is 0 Å². The van der Waals surface area contributed by atoms with Crippen molar-refractivity contribution in [3.8, 4) is 11.3 Å². The fraction of sp³-hybridized carbons (Fsp3) is 0.278. The number of anilines is 1. The number of hydrogen-bond donors (Lipinski definition) is 2. The molecule has 0 aliphatic carbocycles. The summed E-state index contributed by atoms with van der Waals surface area (Å²) in [5, 5.41) is 11.2. The van der Waals surface area contributed by atoms with Gasteiger partial charge in [0.1, 0.15) is 0 Å². The topological polar surface area (TPSA) is 67.7 Å². The minimum absolute atomic E-state index is 0.509. The fourth-order valence-corrected chi connectivity index (χ4v) is 2.77. The Kier molecular flexibility index (Phi) is 3.96. The van der Waals surface area contributed by atoms with Crippen LogP contribution in [0.15, 0.2) is 48.7 Å². The SMILES string of the molecule is Cn1nc(-c2ccccc2)cc1CNc1nccc(C2CNC2)n1. The summed E-state index contributed by atoms with van der Waals surface area (Å²) in [6.07, 6.45) is 1.82. The van der Waals surface area contributed by atoms with Crippen LogP contribution < -0.4 is 10.6 Å². The number of hydrogen-bond acceptors (Lipinski definition) is 5. The summed E-state index contributed by atoms with van der Waals surface area (Å²) in [4.78, 5) is 8.93. The first-order chi connectivity index (χ1) is 11.8. The molecule has 6 heteroatoms. The molecule has 24 heavy (non-hydrogen) atoms. The second kappa shape index (κ2) is 6.41. The highest BCUT2D eigenvalue weighted by Crippen LogP contribution is 2.20. The lowest BCUT2D eigenvalue weighted by atomic mass is 9.99. The molecule has 0 atom stereocenters. The van der Waals surface area contributed by atoms with E-state index in [0.717, 1.165) is 35.7 Å². The Morgan fingerprint density at radius 1 is 1.21 bits per heavy atom. The Morgan fingerprint density at radius 2 is 2.04 bits per heavy atom. The molecule has 1 fully saturated rings. The van der Waals surface area contributed by atoms with Crippen LogP contribution >= 0.6 is 0 Å². The van der Waals surface area contributed by atoms with Crippen molar-refractivity contribution in [1.82, 2.24) is 25.1 Å². The van der Waals surface area contributed by atoms with E-state index in [1.807, 2.05) is 42.2 Å². The molecule has 6 nitrogen and oxygen atoms in total. The minimum atomic E-state index is 0.509. The van der Waals surface area contributed by atoms with Gasteiger partial charge < -0.3 is 10.6 Å². The van der Waals surface area contributed by atoms with Gasteiger partial charge in [-0.1, -0.05) is 30.3 Å². The third-order valence-electron chi connectivity index (χ3n) is 4.35. The summed E-state index contributed by atoms with van der Waals surface area (Å²) in [6.45, 7) is 2.64. The van der Waals surface area contributed by atoms with Crippen LogP contribution in [-0.2, 0) is 13.6 Å². The Balaban J connectivity index is 1.47. The summed E-state index contributed by atoms with van der Waals surface area (Å²) < 4.78 is 1.90. The first-order valence-electron chi connectivity index (χ1n) is 8.15. The maximum absolute atomic E-state index is 4.61. The van der Waals surface area contributed by atoms with Gasteiger partial charge in [0.15, 0.2) is 0 Å². The van der Waals surface area contributed by atoms with Gasteiger partial charge in [0.25, 0.3) is 0 Å². The normalized spacial score (nSPS) is 14.4. The molecule has 3 heterocycles. The van der Waals surface area contributed by atoms with Gasteiger partial charge in [0.05, 0.1) is 23.6 Å². The summed E-state index contributed by atoms with van der Waals surface area (Å²) >= 11 is 0. The van der Waals surface area contributed by atoms with Crippen molar-refractivity contribution in [3.05, 3.63) is 60.0 Å². The Bertz CT molecular complexity index is 823. The van der Waals surface area contributed by atoms with Gasteiger partial charge in [0, 0.05) is 37.8 Å². The van der Waals surface area contributed by atoms with E-state index in [4.69, 9.17) is 0 Å². The number of aromatic nitrogens is 4. The monoisotopic (exact) mass is 320 g/mol. The number of benzene rings is 1. The van der Waals surface area contributed by atoms with E-state index in [0.29, 0.717) is 18.4 Å². The molecular formula is C18H20N6. The first kappa shape index (κ1) is 14.8. The minimum Gasteiger partial charge on any atom is -0.349 e. The quantitative estimate of drug-likeness (QED) is 0.754. The summed E-state index contributed by atoms with van der Waals surface area (Å²) in [5.41, 5.74) is 4.29. The van der Waals surface area contributed by atoms with Crippen molar-refractivity contribution in [1.29, 1.82) is 0 Å². The standard InChI is InChI=1S/C18H20N6/c1-24-15(9-17(23-24)13-5-3-2-4-6-13)12-21-18-20-8-7-16(22-18)14-10-19-11-14/h2-9,14,19H,10-12H2,1H3,(H,20,21,22). The molecule has 2 N–H and O–H groups in total. The molecule has 1 aliphatic heterocycles. The van der Waals surface area contributed by atoms with E-state index in [1.54, 1.807) is 0 Å². The van der Waals surface area contributed by atoms with Crippen molar-refractivity contribution in [3.63, 3.8) is 0 Å². The summed E-state index contributed by atoms with van der Waals surface area (Å²) in [6, 6.07) is 14.3. The van der Waals surface area contributed by atoms with Gasteiger partial charge in [-0.05, 0) is 12.1 Å². The third-order valence-corrected chi connectivity index (χ3v) is 4.35. The van der Waals surface area contributed by atoms with E-state index in [1.165, 1.54) is 0 Å². The van der Waals surface area contributed by atoms with Gasteiger partial charge in [-0.25, -0.2) is 9.97 Å². The van der Waals surface area contributed by atoms with Crippen molar-refractivity contribution < 1.29 is 0 Å². The van der Waals surface area contributed by atoms with Crippen LogP contribution in [0.4, 0.5) is 5.95 Å². The van der Waals surface area contributed by atoms with E-state index in [9.17, 15) is 0 Å². The number of rotatable bonds is 5. The van der Waals surface area contributed by atoms with E-state index >= 15 is 0 Å². The lowest BCUT2D eigenvalue weighted by Crippen LogP contribution is -2.40. The van der Waals surface area contributed by atoms with Gasteiger partial charge in [-0.2, -0.15) is 5.10 Å². The highest BCUT2D eigenvalue weighted by molar-refractivity contribution is 5.59. The lowest BCUT2D eigenvalue weighted by molar-refractivity contribution is 0.439. The maximum atomic E-state index is 4.61. The van der Waals surface area contributed by atoms with Crippen molar-refractivity contribution in [2.45, 2.75) is 12.5 Å². The van der Waals surface area contributed by atoms with Crippen LogP contribution in [0.25, 0.3) is 11.3 Å². The molecule has 1 aliphatic rings. The van der Waals surface area contributed by atoms with Gasteiger partial charge in [-0.3, -0.25) is 4.68 Å². The summed E-state index contributed by atoms with van der Waals surface area (Å²) in [5.74, 6) is 1.18. The maximum Gasteiger partial charge on any atom is 0.223 e. The molecule has 0 spiro atoms. The highest BCUT2D eigenvalue weighted by Gasteiger charge is 2.20. The average molecular weight is 320 g/mol. The third kappa shape index (κ3) is 3.00. The molecule has 122 valence electrons. The number of aryl methyl sites for hydroxylation is 1. The van der Waals surface area contributed by atoms with Crippen LogP contribution in [0.3, 0.4) is 0 Å². The first-order valence-corrected chi connectivity index (χ1v) is 8.15. The molecule has 2 aromatic heterocycles. The second-order valence-electron chi connectivity index (χ2n) is 6.02. The summed E-state index contributed by atoms with van der Waals surface area (Å²) in [7, 11) is 1.96. The zero-order valence-corrected chi connectivity index (χ0v) is 13.6. The zero-order chi connectivity index (χ0) is 16.4. The Morgan fingerprint density at radius 3 is 2.79 bits per heavy atom. The van der Waals surface area contributed by atoms with E-state index < -0.39 is 0 Å². The Labute approximate surface area is 141 Å². The molecule has 3 aromatic rings. The van der Waals surface area contributed by atoms with Crippen LogP contribution in [0.1, 0.15) is 17.3 Å². The molecule has 4 rings (SSSR count). The van der Waals surface area contributed by atoms with Crippen LogP contribution in [0.5, 0.6) is 0 Å². The molecular weight excluding hydrogens is 300 g/mol. The van der Waals surface area contributed by atoms with E-state index in [2.05, 4.69) is 43.9 Å². The molecule has 0 unspecified atom stereocenters. The molecule has 1 aromatic carbocycles. The van der Waals surface area contributed by atoms with Crippen molar-refractivity contribution in [2.24, 2.45) is 7.05 Å².